The van der Waals surface area contributed by atoms with E-state index in [1.165, 1.54) is 68.7 Å². The van der Waals surface area contributed by atoms with Crippen LogP contribution < -0.4 is 14.8 Å². The van der Waals surface area contributed by atoms with Gasteiger partial charge in [-0.2, -0.15) is 0 Å². The number of rotatable bonds is 10. The average Bonchev–Trinajstić information content (AvgIpc) is 2.83. The molecule has 0 saturated carbocycles. The number of nitrogens with zero attached hydrogens (tertiary/aromatic N) is 1. The van der Waals surface area contributed by atoms with Crippen LogP contribution in [0.15, 0.2) is 76.5 Å². The molecule has 2 N–H and O–H groups in total. The van der Waals surface area contributed by atoms with Crippen LogP contribution >= 0.6 is 11.6 Å². The van der Waals surface area contributed by atoms with Gasteiger partial charge in [-0.15, -0.1) is 0 Å². The van der Waals surface area contributed by atoms with Crippen molar-refractivity contribution in [3.63, 3.8) is 0 Å². The highest BCUT2D eigenvalue weighted by Gasteiger charge is 2.18. The summed E-state index contributed by atoms with van der Waals surface area (Å²) in [6.07, 6.45) is 0. The molecular weight excluding hydrogens is 526 g/mol. The van der Waals surface area contributed by atoms with Gasteiger partial charge in [-0.1, -0.05) is 29.3 Å². The molecule has 0 unspecified atom stereocenters. The summed E-state index contributed by atoms with van der Waals surface area (Å²) >= 11 is 6.16. The van der Waals surface area contributed by atoms with E-state index in [-0.39, 0.29) is 39.2 Å². The van der Waals surface area contributed by atoms with Crippen molar-refractivity contribution < 1.29 is 26.4 Å². The van der Waals surface area contributed by atoms with E-state index >= 15 is 0 Å². The molecule has 36 heavy (non-hydrogen) atoms. The molecule has 0 aliphatic heterocycles. The third-order valence-electron chi connectivity index (χ3n) is 5.05. The monoisotopic (exact) mass is 551 g/mol. The molecule has 0 saturated heterocycles. The first-order valence-corrected chi connectivity index (χ1v) is 14.0. The Balaban J connectivity index is 1.58. The lowest BCUT2D eigenvalue weighted by atomic mass is 10.2. The van der Waals surface area contributed by atoms with E-state index < -0.39 is 26.0 Å². The summed E-state index contributed by atoms with van der Waals surface area (Å²) in [5, 5.41) is 2.82. The molecule has 0 radical (unpaired) electrons. The first kappa shape index (κ1) is 27.5. The Kier molecular flexibility index (Phi) is 8.62. The lowest BCUT2D eigenvalue weighted by Gasteiger charge is -2.13. The molecule has 12 heteroatoms. The van der Waals surface area contributed by atoms with Crippen LogP contribution in [-0.2, 0) is 20.0 Å². The van der Waals surface area contributed by atoms with Gasteiger partial charge in [0.1, 0.15) is 12.4 Å². The molecule has 3 aromatic rings. The standard InChI is InChI=1S/C24H26ClN3O6S2/c1-17-4-9-20(10-5-17)35(30,31)27-18-6-13-23(25)22(16-18)24(29)26-14-15-34-19-7-11-21(12-8-19)36(32,33)28(2)3/h4-13,16,27H,14-15H2,1-3H3,(H,26,29). The van der Waals surface area contributed by atoms with Crippen LogP contribution in [0.2, 0.25) is 5.02 Å². The molecule has 9 nitrogen and oxygen atoms in total. The molecular formula is C24H26ClN3O6S2. The third kappa shape index (κ3) is 6.76. The van der Waals surface area contributed by atoms with Crippen molar-refractivity contribution >= 4 is 43.2 Å². The fourth-order valence-electron chi connectivity index (χ4n) is 3.04. The highest BCUT2D eigenvalue weighted by atomic mass is 35.5. The topological polar surface area (TPSA) is 122 Å². The number of halogens is 1. The van der Waals surface area contributed by atoms with Gasteiger partial charge in [0, 0.05) is 19.8 Å². The summed E-state index contributed by atoms with van der Waals surface area (Å²) in [6, 6.07) is 16.6. The van der Waals surface area contributed by atoms with Crippen molar-refractivity contribution in [2.45, 2.75) is 16.7 Å². The second-order valence-corrected chi connectivity index (χ2v) is 12.2. The summed E-state index contributed by atoms with van der Waals surface area (Å²) in [6.45, 7) is 2.10. The van der Waals surface area contributed by atoms with E-state index in [1.54, 1.807) is 12.1 Å². The Morgan fingerprint density at radius 2 is 1.53 bits per heavy atom. The number of benzene rings is 3. The normalized spacial score (nSPS) is 11.8. The molecule has 3 aromatic carbocycles. The minimum Gasteiger partial charge on any atom is -0.492 e. The van der Waals surface area contributed by atoms with Crippen LogP contribution in [-0.4, -0.2) is 54.3 Å². The number of aryl methyl sites for hydroxylation is 1. The SMILES string of the molecule is Cc1ccc(S(=O)(=O)Nc2ccc(Cl)c(C(=O)NCCOc3ccc(S(=O)(=O)N(C)C)cc3)c2)cc1. The number of hydrogen-bond acceptors (Lipinski definition) is 6. The van der Waals surface area contributed by atoms with Crippen LogP contribution in [0.3, 0.4) is 0 Å². The van der Waals surface area contributed by atoms with Crippen LogP contribution in [0.25, 0.3) is 0 Å². The minimum absolute atomic E-state index is 0.0959. The fourth-order valence-corrected chi connectivity index (χ4v) is 5.20. The zero-order chi connectivity index (χ0) is 26.5. The Morgan fingerprint density at radius 3 is 2.14 bits per heavy atom. The van der Waals surface area contributed by atoms with Crippen molar-refractivity contribution in [3.8, 4) is 5.75 Å². The summed E-state index contributed by atoms with van der Waals surface area (Å²) < 4.78 is 58.6. The zero-order valence-corrected chi connectivity index (χ0v) is 22.2. The number of carbonyl (C=O) groups excluding carboxylic acids is 1. The molecule has 0 aliphatic carbocycles. The van der Waals surface area contributed by atoms with Gasteiger partial charge in [0.2, 0.25) is 10.0 Å². The maximum absolute atomic E-state index is 12.6. The number of ether oxygens (including phenoxy) is 1. The lowest BCUT2D eigenvalue weighted by molar-refractivity contribution is 0.0947. The molecule has 0 heterocycles. The van der Waals surface area contributed by atoms with Crippen LogP contribution in [0.1, 0.15) is 15.9 Å². The zero-order valence-electron chi connectivity index (χ0n) is 19.9. The van der Waals surface area contributed by atoms with Gasteiger partial charge < -0.3 is 10.1 Å². The highest BCUT2D eigenvalue weighted by molar-refractivity contribution is 7.92. The van der Waals surface area contributed by atoms with E-state index in [0.717, 1.165) is 9.87 Å². The molecule has 0 aliphatic rings. The number of hydrogen-bond donors (Lipinski definition) is 2. The van der Waals surface area contributed by atoms with Crippen molar-refractivity contribution in [1.82, 2.24) is 9.62 Å². The Hall–Kier alpha value is -3.12. The largest absolute Gasteiger partial charge is 0.492 e. The smallest absolute Gasteiger partial charge is 0.261 e. The van der Waals surface area contributed by atoms with Gasteiger partial charge in [-0.3, -0.25) is 9.52 Å². The Bertz CT molecular complexity index is 1440. The summed E-state index contributed by atoms with van der Waals surface area (Å²) in [7, 11) is -4.48. The van der Waals surface area contributed by atoms with Crippen molar-refractivity contribution in [1.29, 1.82) is 0 Å². The molecule has 0 spiro atoms. The van der Waals surface area contributed by atoms with Gasteiger partial charge in [-0.05, 0) is 61.5 Å². The van der Waals surface area contributed by atoms with Crippen molar-refractivity contribution in [2.24, 2.45) is 0 Å². The first-order valence-electron chi connectivity index (χ1n) is 10.7. The molecule has 0 fully saturated rings. The molecule has 3 rings (SSSR count). The number of amides is 1. The van der Waals surface area contributed by atoms with Gasteiger partial charge >= 0.3 is 0 Å². The number of anilines is 1. The third-order valence-corrected chi connectivity index (χ3v) is 8.61. The summed E-state index contributed by atoms with van der Waals surface area (Å²) in [5.41, 5.74) is 1.21. The van der Waals surface area contributed by atoms with E-state index in [0.29, 0.717) is 5.75 Å². The van der Waals surface area contributed by atoms with Gasteiger partial charge in [0.25, 0.3) is 15.9 Å². The van der Waals surface area contributed by atoms with E-state index in [9.17, 15) is 21.6 Å². The first-order chi connectivity index (χ1) is 16.9. The van der Waals surface area contributed by atoms with Gasteiger partial charge in [0.05, 0.1) is 26.9 Å². The average molecular weight is 552 g/mol. The maximum atomic E-state index is 12.6. The van der Waals surface area contributed by atoms with E-state index in [1.807, 2.05) is 6.92 Å². The molecule has 0 bridgehead atoms. The van der Waals surface area contributed by atoms with Crippen molar-refractivity contribution in [2.75, 3.05) is 32.0 Å². The number of sulfonamides is 2. The Morgan fingerprint density at radius 1 is 0.917 bits per heavy atom. The Labute approximate surface area is 216 Å². The van der Waals surface area contributed by atoms with Crippen LogP contribution in [0.4, 0.5) is 5.69 Å². The van der Waals surface area contributed by atoms with E-state index in [2.05, 4.69) is 10.0 Å². The maximum Gasteiger partial charge on any atom is 0.261 e. The second-order valence-electron chi connectivity index (χ2n) is 7.98. The quantitative estimate of drug-likeness (QED) is 0.372. The van der Waals surface area contributed by atoms with Gasteiger partial charge in [-0.25, -0.2) is 21.1 Å². The summed E-state index contributed by atoms with van der Waals surface area (Å²) in [5.74, 6) is -0.0695. The highest BCUT2D eigenvalue weighted by Crippen LogP contribution is 2.23. The minimum atomic E-state index is -3.84. The molecule has 0 aromatic heterocycles. The van der Waals surface area contributed by atoms with Crippen LogP contribution in [0, 0.1) is 6.92 Å². The molecule has 1 amide bonds. The van der Waals surface area contributed by atoms with Crippen molar-refractivity contribution in [3.05, 3.63) is 82.9 Å². The summed E-state index contributed by atoms with van der Waals surface area (Å²) in [4.78, 5) is 12.9. The molecule has 192 valence electrons. The lowest BCUT2D eigenvalue weighted by Crippen LogP contribution is -2.28. The van der Waals surface area contributed by atoms with Gasteiger partial charge in [0.15, 0.2) is 0 Å². The molecule has 0 atom stereocenters. The van der Waals surface area contributed by atoms with E-state index in [4.69, 9.17) is 16.3 Å². The van der Waals surface area contributed by atoms with Crippen LogP contribution in [0.5, 0.6) is 5.75 Å². The predicted molar refractivity (Wildman–Crippen MR) is 139 cm³/mol. The fraction of sp³-hybridized carbons (Fsp3) is 0.208. The number of nitrogens with one attached hydrogen (secondary N) is 2. The number of carbonyl (C=O) groups is 1. The second kappa shape index (κ2) is 11.3. The predicted octanol–water partition coefficient (Wildman–Crippen LogP) is 3.51.